The molecule has 0 aliphatic heterocycles. The molecule has 0 aliphatic carbocycles. The second-order valence-corrected chi connectivity index (χ2v) is 5.72. The first kappa shape index (κ1) is 16.7. The first-order valence-corrected chi connectivity index (χ1v) is 7.80. The molecule has 2 aromatic heterocycles. The maximum absolute atomic E-state index is 15.2. The molecule has 27 heavy (non-hydrogen) atoms. The summed E-state index contributed by atoms with van der Waals surface area (Å²) < 4.78 is 34.7. The molecule has 0 saturated heterocycles. The Morgan fingerprint density at radius 2 is 1.96 bits per heavy atom. The van der Waals surface area contributed by atoms with Crippen LogP contribution in [0.4, 0.5) is 8.78 Å². The first-order chi connectivity index (χ1) is 13.0. The van der Waals surface area contributed by atoms with Crippen LogP contribution in [0.3, 0.4) is 0 Å². The van der Waals surface area contributed by atoms with Crippen LogP contribution in [0.25, 0.3) is 32.9 Å². The van der Waals surface area contributed by atoms with Crippen LogP contribution in [0.5, 0.6) is 11.6 Å². The normalized spacial score (nSPS) is 10.9. The molecule has 132 valence electrons. The van der Waals surface area contributed by atoms with Crippen molar-refractivity contribution < 1.29 is 18.6 Å². The van der Waals surface area contributed by atoms with E-state index in [1.807, 2.05) is 0 Å². The quantitative estimate of drug-likeness (QED) is 0.549. The van der Waals surface area contributed by atoms with E-state index < -0.39 is 11.6 Å². The minimum absolute atomic E-state index is 0.00279. The van der Waals surface area contributed by atoms with Gasteiger partial charge in [0.25, 0.3) is 0 Å². The van der Waals surface area contributed by atoms with Crippen LogP contribution in [0.15, 0.2) is 36.8 Å². The number of methoxy groups -OCH3 is 1. The molecule has 0 spiro atoms. The van der Waals surface area contributed by atoms with E-state index in [9.17, 15) is 9.50 Å². The van der Waals surface area contributed by atoms with Crippen molar-refractivity contribution in [3.63, 3.8) is 0 Å². The molecule has 5 nitrogen and oxygen atoms in total. The summed E-state index contributed by atoms with van der Waals surface area (Å²) in [6.07, 6.45) is 7.79. The summed E-state index contributed by atoms with van der Waals surface area (Å²) in [6.45, 7) is 0. The van der Waals surface area contributed by atoms with Crippen LogP contribution >= 0.6 is 0 Å². The highest BCUT2D eigenvalue weighted by Crippen LogP contribution is 2.37. The molecule has 4 aromatic rings. The summed E-state index contributed by atoms with van der Waals surface area (Å²) in [7, 11) is 1.46. The second kappa shape index (κ2) is 6.18. The Kier molecular flexibility index (Phi) is 3.81. The van der Waals surface area contributed by atoms with Crippen molar-refractivity contribution in [3.8, 4) is 35.2 Å². The SMILES string of the molecule is C#Cc1c(F)ccc2cc(OC)cc(-c3ncc4c(O)ncnc4c3F)c12. The van der Waals surface area contributed by atoms with E-state index in [1.54, 1.807) is 6.07 Å². The second-order valence-electron chi connectivity index (χ2n) is 5.72. The third-order valence-corrected chi connectivity index (χ3v) is 4.28. The number of pyridine rings is 1. The van der Waals surface area contributed by atoms with Gasteiger partial charge >= 0.3 is 0 Å². The fraction of sp³-hybridized carbons (Fsp3) is 0.0500. The predicted molar refractivity (Wildman–Crippen MR) is 96.3 cm³/mol. The molecule has 0 fully saturated rings. The van der Waals surface area contributed by atoms with Gasteiger partial charge in [-0.15, -0.1) is 6.42 Å². The lowest BCUT2D eigenvalue weighted by atomic mass is 9.96. The largest absolute Gasteiger partial charge is 0.497 e. The zero-order chi connectivity index (χ0) is 19.1. The number of halogens is 2. The first-order valence-electron chi connectivity index (χ1n) is 7.80. The molecule has 0 unspecified atom stereocenters. The third kappa shape index (κ3) is 2.50. The lowest BCUT2D eigenvalue weighted by molar-refractivity contribution is 0.415. The van der Waals surface area contributed by atoms with Gasteiger partial charge in [-0.2, -0.15) is 0 Å². The number of terminal acetylenes is 1. The van der Waals surface area contributed by atoms with Gasteiger partial charge in [0.05, 0.1) is 18.1 Å². The zero-order valence-electron chi connectivity index (χ0n) is 14.0. The molecule has 0 aliphatic rings. The Hall–Kier alpha value is -3.79. The van der Waals surface area contributed by atoms with Crippen molar-refractivity contribution in [2.45, 2.75) is 0 Å². The number of hydrogen-bond acceptors (Lipinski definition) is 5. The van der Waals surface area contributed by atoms with Crippen molar-refractivity contribution >= 4 is 21.7 Å². The topological polar surface area (TPSA) is 68.1 Å². The van der Waals surface area contributed by atoms with E-state index in [4.69, 9.17) is 11.2 Å². The van der Waals surface area contributed by atoms with E-state index >= 15 is 4.39 Å². The summed E-state index contributed by atoms with van der Waals surface area (Å²) in [4.78, 5) is 11.6. The predicted octanol–water partition coefficient (Wildman–Crippen LogP) is 3.82. The Bertz CT molecular complexity index is 1270. The molecule has 2 heterocycles. The van der Waals surface area contributed by atoms with Gasteiger partial charge in [-0.25, -0.2) is 18.7 Å². The molecule has 4 rings (SSSR count). The average Bonchev–Trinajstić information content (AvgIpc) is 2.68. The average molecular weight is 363 g/mol. The smallest absolute Gasteiger partial charge is 0.223 e. The van der Waals surface area contributed by atoms with Crippen LogP contribution in [0.2, 0.25) is 0 Å². The van der Waals surface area contributed by atoms with Crippen molar-refractivity contribution in [3.05, 3.63) is 54.0 Å². The van der Waals surface area contributed by atoms with Crippen molar-refractivity contribution in [1.82, 2.24) is 15.0 Å². The summed E-state index contributed by atoms with van der Waals surface area (Å²) in [5, 5.41) is 10.7. The Morgan fingerprint density at radius 3 is 2.70 bits per heavy atom. The lowest BCUT2D eigenvalue weighted by Gasteiger charge is -2.13. The Morgan fingerprint density at radius 1 is 1.15 bits per heavy atom. The highest BCUT2D eigenvalue weighted by Gasteiger charge is 2.20. The number of rotatable bonds is 2. The number of benzene rings is 2. The van der Waals surface area contributed by atoms with Crippen molar-refractivity contribution in [2.75, 3.05) is 7.11 Å². The standard InChI is InChI=1S/C20H11F2N3O2/c1-3-12-15(21)5-4-10-6-11(27-2)7-13(16(10)12)18-17(22)19-14(8-23-18)20(26)25-9-24-19/h1,4-9H,2H3,(H,24,25,26). The third-order valence-electron chi connectivity index (χ3n) is 4.28. The molecule has 0 radical (unpaired) electrons. The minimum atomic E-state index is -0.785. The minimum Gasteiger partial charge on any atom is -0.497 e. The highest BCUT2D eigenvalue weighted by atomic mass is 19.1. The number of aromatic nitrogens is 3. The van der Waals surface area contributed by atoms with Crippen LogP contribution in [0.1, 0.15) is 5.56 Å². The molecule has 0 saturated carbocycles. The maximum Gasteiger partial charge on any atom is 0.223 e. The number of hydrogen-bond donors (Lipinski definition) is 1. The monoisotopic (exact) mass is 363 g/mol. The maximum atomic E-state index is 15.2. The van der Waals surface area contributed by atoms with Crippen molar-refractivity contribution in [1.29, 1.82) is 0 Å². The molecular weight excluding hydrogens is 352 g/mol. The molecule has 7 heteroatoms. The van der Waals surface area contributed by atoms with Crippen LogP contribution in [-0.2, 0) is 0 Å². The molecule has 0 atom stereocenters. The van der Waals surface area contributed by atoms with E-state index in [0.29, 0.717) is 16.5 Å². The Labute approximate surface area is 152 Å². The Balaban J connectivity index is 2.16. The summed E-state index contributed by atoms with van der Waals surface area (Å²) >= 11 is 0. The number of aromatic hydroxyl groups is 1. The summed E-state index contributed by atoms with van der Waals surface area (Å²) in [6, 6.07) is 5.98. The zero-order valence-corrected chi connectivity index (χ0v) is 14.0. The van der Waals surface area contributed by atoms with E-state index in [1.165, 1.54) is 31.5 Å². The molecule has 2 aromatic carbocycles. The van der Waals surface area contributed by atoms with Gasteiger partial charge in [-0.05, 0) is 23.6 Å². The summed E-state index contributed by atoms with van der Waals surface area (Å²) in [5.74, 6) is 0.979. The number of nitrogens with zero attached hydrogens (tertiary/aromatic N) is 3. The lowest BCUT2D eigenvalue weighted by Crippen LogP contribution is -1.98. The summed E-state index contributed by atoms with van der Waals surface area (Å²) in [5.41, 5.74) is 0.0556. The molecular formula is C20H11F2N3O2. The van der Waals surface area contributed by atoms with Crippen LogP contribution in [-0.4, -0.2) is 27.2 Å². The van der Waals surface area contributed by atoms with Crippen LogP contribution in [0, 0.1) is 24.0 Å². The van der Waals surface area contributed by atoms with Crippen LogP contribution < -0.4 is 4.74 Å². The highest BCUT2D eigenvalue weighted by molar-refractivity contribution is 6.02. The van der Waals surface area contributed by atoms with Gasteiger partial charge < -0.3 is 9.84 Å². The molecule has 1 N–H and O–H groups in total. The number of ether oxygens (including phenoxy) is 1. The fourth-order valence-electron chi connectivity index (χ4n) is 3.02. The van der Waals surface area contributed by atoms with Gasteiger partial charge in [-0.1, -0.05) is 12.0 Å². The van der Waals surface area contributed by atoms with Gasteiger partial charge in [0.2, 0.25) is 5.88 Å². The van der Waals surface area contributed by atoms with Crippen molar-refractivity contribution in [2.24, 2.45) is 0 Å². The van der Waals surface area contributed by atoms with Gasteiger partial charge in [0.1, 0.15) is 29.1 Å². The molecule has 0 bridgehead atoms. The van der Waals surface area contributed by atoms with Gasteiger partial charge in [0, 0.05) is 17.1 Å². The fourth-order valence-corrected chi connectivity index (χ4v) is 3.02. The molecule has 0 amide bonds. The van der Waals surface area contributed by atoms with E-state index in [0.717, 1.165) is 6.33 Å². The van der Waals surface area contributed by atoms with E-state index in [-0.39, 0.29) is 33.6 Å². The van der Waals surface area contributed by atoms with Gasteiger partial charge in [-0.3, -0.25) is 4.98 Å². The number of fused-ring (bicyclic) bond motifs is 2. The van der Waals surface area contributed by atoms with Gasteiger partial charge in [0.15, 0.2) is 5.82 Å². The van der Waals surface area contributed by atoms with E-state index in [2.05, 4.69) is 20.9 Å².